The normalized spacial score (nSPS) is 14.8. The first-order valence-corrected chi connectivity index (χ1v) is 9.06. The maximum absolute atomic E-state index is 9.49. The minimum atomic E-state index is 0.298. The number of morpholine rings is 1. The highest BCUT2D eigenvalue weighted by Gasteiger charge is 2.13. The summed E-state index contributed by atoms with van der Waals surface area (Å²) in [5.41, 5.74) is 5.05. The lowest BCUT2D eigenvalue weighted by atomic mass is 10.1. The van der Waals surface area contributed by atoms with Gasteiger partial charge in [0.2, 0.25) is 0 Å². The SMILES string of the molecule is Cc1ccc2nnc(C#N)c(Nc3cccc(CN4CCOCC4)c3)c2c1. The predicted molar refractivity (Wildman–Crippen MR) is 105 cm³/mol. The molecule has 0 saturated carbocycles. The van der Waals surface area contributed by atoms with Crippen LogP contribution in [-0.2, 0) is 11.3 Å². The van der Waals surface area contributed by atoms with Gasteiger partial charge in [0.25, 0.3) is 0 Å². The number of hydrogen-bond donors (Lipinski definition) is 1. The number of benzene rings is 2. The minimum Gasteiger partial charge on any atom is -0.379 e. The summed E-state index contributed by atoms with van der Waals surface area (Å²) in [6, 6.07) is 16.4. The predicted octanol–water partition coefficient (Wildman–Crippen LogP) is 3.39. The van der Waals surface area contributed by atoms with E-state index in [1.54, 1.807) is 0 Å². The Labute approximate surface area is 158 Å². The number of ether oxygens (including phenoxy) is 1. The second kappa shape index (κ2) is 7.70. The lowest BCUT2D eigenvalue weighted by Crippen LogP contribution is -2.35. The third-order valence-electron chi connectivity index (χ3n) is 4.73. The van der Waals surface area contributed by atoms with Crippen molar-refractivity contribution in [1.82, 2.24) is 15.1 Å². The first kappa shape index (κ1) is 17.4. The Morgan fingerprint density at radius 1 is 1.15 bits per heavy atom. The van der Waals surface area contributed by atoms with Gasteiger partial charge in [-0.25, -0.2) is 0 Å². The number of hydrogen-bond acceptors (Lipinski definition) is 6. The molecule has 0 spiro atoms. The highest BCUT2D eigenvalue weighted by Crippen LogP contribution is 2.28. The van der Waals surface area contributed by atoms with Gasteiger partial charge in [-0.3, -0.25) is 4.90 Å². The fourth-order valence-electron chi connectivity index (χ4n) is 3.33. The summed E-state index contributed by atoms with van der Waals surface area (Å²) < 4.78 is 5.42. The molecular weight excluding hydrogens is 338 g/mol. The van der Waals surface area contributed by atoms with E-state index in [1.165, 1.54) is 5.56 Å². The summed E-state index contributed by atoms with van der Waals surface area (Å²) >= 11 is 0. The first-order valence-electron chi connectivity index (χ1n) is 9.06. The van der Waals surface area contributed by atoms with Crippen LogP contribution in [0.1, 0.15) is 16.8 Å². The van der Waals surface area contributed by atoms with Crippen molar-refractivity contribution in [3.63, 3.8) is 0 Å². The monoisotopic (exact) mass is 359 g/mol. The Morgan fingerprint density at radius 3 is 2.81 bits per heavy atom. The average Bonchev–Trinajstić information content (AvgIpc) is 2.69. The molecule has 3 aromatic rings. The molecule has 0 atom stereocenters. The third-order valence-corrected chi connectivity index (χ3v) is 4.73. The van der Waals surface area contributed by atoms with Crippen molar-refractivity contribution in [1.29, 1.82) is 5.26 Å². The van der Waals surface area contributed by atoms with Gasteiger partial charge in [0.1, 0.15) is 6.07 Å². The zero-order chi connectivity index (χ0) is 18.6. The van der Waals surface area contributed by atoms with Crippen LogP contribution in [0.4, 0.5) is 11.4 Å². The third kappa shape index (κ3) is 3.90. The van der Waals surface area contributed by atoms with Crippen LogP contribution >= 0.6 is 0 Å². The van der Waals surface area contributed by atoms with Gasteiger partial charge >= 0.3 is 0 Å². The molecule has 27 heavy (non-hydrogen) atoms. The molecule has 1 aliphatic rings. The molecule has 6 heteroatoms. The van der Waals surface area contributed by atoms with Gasteiger partial charge in [0.15, 0.2) is 5.69 Å². The van der Waals surface area contributed by atoms with E-state index in [1.807, 2.05) is 37.3 Å². The van der Waals surface area contributed by atoms with E-state index in [4.69, 9.17) is 4.74 Å². The summed E-state index contributed by atoms with van der Waals surface area (Å²) in [7, 11) is 0. The van der Waals surface area contributed by atoms with Crippen LogP contribution in [0.2, 0.25) is 0 Å². The zero-order valence-electron chi connectivity index (χ0n) is 15.3. The van der Waals surface area contributed by atoms with Crippen LogP contribution in [0.25, 0.3) is 10.9 Å². The maximum Gasteiger partial charge on any atom is 0.187 e. The van der Waals surface area contributed by atoms with Crippen molar-refractivity contribution < 1.29 is 4.74 Å². The van der Waals surface area contributed by atoms with E-state index in [0.717, 1.165) is 55.0 Å². The van der Waals surface area contributed by atoms with E-state index >= 15 is 0 Å². The molecule has 0 radical (unpaired) electrons. The molecular formula is C21H21N5O. The number of nitrogens with zero attached hydrogens (tertiary/aromatic N) is 4. The molecule has 2 heterocycles. The molecule has 4 rings (SSSR count). The summed E-state index contributed by atoms with van der Waals surface area (Å²) in [4.78, 5) is 2.38. The highest BCUT2D eigenvalue weighted by molar-refractivity contribution is 5.95. The van der Waals surface area contributed by atoms with Crippen LogP contribution in [0.15, 0.2) is 42.5 Å². The topological polar surface area (TPSA) is 74.1 Å². The van der Waals surface area contributed by atoms with E-state index < -0.39 is 0 Å². The van der Waals surface area contributed by atoms with Crippen LogP contribution in [0.5, 0.6) is 0 Å². The summed E-state index contributed by atoms with van der Waals surface area (Å²) in [6.45, 7) is 6.40. The molecule has 136 valence electrons. The Hall–Kier alpha value is -3.01. The van der Waals surface area contributed by atoms with Crippen LogP contribution < -0.4 is 5.32 Å². The van der Waals surface area contributed by atoms with Gasteiger partial charge < -0.3 is 10.1 Å². The second-order valence-corrected chi connectivity index (χ2v) is 6.77. The molecule has 1 fully saturated rings. The molecule has 2 aromatic carbocycles. The Balaban J connectivity index is 1.65. The van der Waals surface area contributed by atoms with Gasteiger partial charge in [-0.2, -0.15) is 5.26 Å². The standard InChI is InChI=1S/C21H21N5O/c1-15-5-6-19-18(11-15)21(20(13-22)25-24-19)23-17-4-2-3-16(12-17)14-26-7-9-27-10-8-26/h2-6,11-12H,7-10,14H2,1H3,(H,23,24). The molecule has 0 amide bonds. The Morgan fingerprint density at radius 2 is 2.00 bits per heavy atom. The summed E-state index contributed by atoms with van der Waals surface area (Å²) in [6.07, 6.45) is 0. The molecule has 1 N–H and O–H groups in total. The van der Waals surface area contributed by atoms with Gasteiger partial charge in [-0.15, -0.1) is 10.2 Å². The molecule has 0 bridgehead atoms. The van der Waals surface area contributed by atoms with Crippen molar-refractivity contribution in [2.24, 2.45) is 0 Å². The van der Waals surface area contributed by atoms with E-state index in [9.17, 15) is 5.26 Å². The number of anilines is 2. The zero-order valence-corrected chi connectivity index (χ0v) is 15.3. The molecule has 0 unspecified atom stereocenters. The smallest absolute Gasteiger partial charge is 0.187 e. The van der Waals surface area contributed by atoms with Crippen LogP contribution in [-0.4, -0.2) is 41.4 Å². The highest BCUT2D eigenvalue weighted by atomic mass is 16.5. The number of fused-ring (bicyclic) bond motifs is 1. The number of nitrogens with one attached hydrogen (secondary N) is 1. The fourth-order valence-corrected chi connectivity index (χ4v) is 3.33. The maximum atomic E-state index is 9.49. The van der Waals surface area contributed by atoms with Gasteiger partial charge in [0, 0.05) is 30.7 Å². The Kier molecular flexibility index (Phi) is 4.97. The molecule has 1 saturated heterocycles. The van der Waals surface area contributed by atoms with Crippen molar-refractivity contribution in [2.75, 3.05) is 31.6 Å². The lowest BCUT2D eigenvalue weighted by Gasteiger charge is -2.26. The Bertz CT molecular complexity index is 1010. The largest absolute Gasteiger partial charge is 0.379 e. The van der Waals surface area contributed by atoms with E-state index in [-0.39, 0.29) is 0 Å². The van der Waals surface area contributed by atoms with Gasteiger partial charge in [0.05, 0.1) is 24.4 Å². The van der Waals surface area contributed by atoms with Crippen LogP contribution in [0.3, 0.4) is 0 Å². The summed E-state index contributed by atoms with van der Waals surface area (Å²) in [5, 5.41) is 22.0. The summed E-state index contributed by atoms with van der Waals surface area (Å²) in [5.74, 6) is 0. The van der Waals surface area contributed by atoms with Crippen molar-refractivity contribution in [2.45, 2.75) is 13.5 Å². The number of aryl methyl sites for hydroxylation is 1. The molecule has 0 aliphatic carbocycles. The molecule has 6 nitrogen and oxygen atoms in total. The molecule has 1 aliphatic heterocycles. The number of rotatable bonds is 4. The second-order valence-electron chi connectivity index (χ2n) is 6.77. The lowest BCUT2D eigenvalue weighted by molar-refractivity contribution is 0.0342. The van der Waals surface area contributed by atoms with Gasteiger partial charge in [-0.1, -0.05) is 23.8 Å². The molecule has 1 aromatic heterocycles. The van der Waals surface area contributed by atoms with Gasteiger partial charge in [-0.05, 0) is 36.8 Å². The van der Waals surface area contributed by atoms with E-state index in [0.29, 0.717) is 11.4 Å². The van der Waals surface area contributed by atoms with E-state index in [2.05, 4.69) is 38.6 Å². The minimum absolute atomic E-state index is 0.298. The first-order chi connectivity index (χ1) is 13.2. The number of nitriles is 1. The average molecular weight is 359 g/mol. The van der Waals surface area contributed by atoms with Crippen molar-refractivity contribution in [3.05, 3.63) is 59.3 Å². The van der Waals surface area contributed by atoms with Crippen LogP contribution in [0, 0.1) is 18.3 Å². The quantitative estimate of drug-likeness (QED) is 0.770. The van der Waals surface area contributed by atoms with Crippen molar-refractivity contribution in [3.8, 4) is 6.07 Å². The van der Waals surface area contributed by atoms with Crippen molar-refractivity contribution >= 4 is 22.3 Å². The fraction of sp³-hybridized carbons (Fsp3) is 0.286. The number of aromatic nitrogens is 2.